The molecule has 2 aromatic rings. The van der Waals surface area contributed by atoms with Gasteiger partial charge in [0.2, 0.25) is 0 Å². The number of methoxy groups -OCH3 is 1. The fourth-order valence-electron chi connectivity index (χ4n) is 2.35. The predicted molar refractivity (Wildman–Crippen MR) is 107 cm³/mol. The van der Waals surface area contributed by atoms with Crippen molar-refractivity contribution in [2.45, 2.75) is 26.4 Å². The second kappa shape index (κ2) is 10.1. The molecular weight excluding hydrogens is 358 g/mol. The first-order chi connectivity index (χ1) is 13.4. The molecule has 0 aliphatic rings. The third-order valence-corrected chi connectivity index (χ3v) is 4.04. The van der Waals surface area contributed by atoms with Gasteiger partial charge in [0.1, 0.15) is 0 Å². The van der Waals surface area contributed by atoms with Crippen molar-refractivity contribution in [2.75, 3.05) is 12.4 Å². The number of carbonyl (C=O) groups excluding carboxylic acids is 3. The number of benzene rings is 2. The summed E-state index contributed by atoms with van der Waals surface area (Å²) in [7, 11) is 1.31. The molecule has 0 heterocycles. The Hall–Kier alpha value is -3.41. The molecule has 6 heteroatoms. The van der Waals surface area contributed by atoms with E-state index in [1.54, 1.807) is 24.3 Å². The van der Waals surface area contributed by atoms with Gasteiger partial charge in [-0.15, -0.1) is 0 Å². The molecule has 6 nitrogen and oxygen atoms in total. The molecule has 2 aromatic carbocycles. The molecule has 0 saturated carbocycles. The number of esters is 2. The van der Waals surface area contributed by atoms with Gasteiger partial charge < -0.3 is 14.8 Å². The van der Waals surface area contributed by atoms with Crippen LogP contribution < -0.4 is 5.32 Å². The number of rotatable bonds is 7. The maximum atomic E-state index is 12.2. The van der Waals surface area contributed by atoms with Crippen LogP contribution in [0.15, 0.2) is 54.6 Å². The van der Waals surface area contributed by atoms with Crippen LogP contribution in [-0.2, 0) is 25.5 Å². The van der Waals surface area contributed by atoms with Crippen LogP contribution in [0.25, 0.3) is 6.08 Å². The van der Waals surface area contributed by atoms with Crippen LogP contribution in [0.3, 0.4) is 0 Å². The third-order valence-electron chi connectivity index (χ3n) is 4.04. The lowest BCUT2D eigenvalue weighted by Crippen LogP contribution is -2.29. The highest BCUT2D eigenvalue weighted by molar-refractivity contribution is 5.96. The van der Waals surface area contributed by atoms with E-state index >= 15 is 0 Å². The standard InChI is InChI=1S/C22H23NO5/c1-4-16-7-12-19(13-8-16)23-21(25)15(2)28-20(24)14-9-17-5-10-18(11-6-17)22(26)27-3/h5-15H,4H2,1-3H3,(H,23,25)/b14-9+/t15-/m0/s1. The van der Waals surface area contributed by atoms with Crippen molar-refractivity contribution < 1.29 is 23.9 Å². The molecule has 1 amide bonds. The molecule has 0 bridgehead atoms. The normalized spacial score (nSPS) is 11.7. The van der Waals surface area contributed by atoms with Gasteiger partial charge in [-0.2, -0.15) is 0 Å². The Bertz CT molecular complexity index is 854. The van der Waals surface area contributed by atoms with E-state index in [2.05, 4.69) is 17.0 Å². The summed E-state index contributed by atoms with van der Waals surface area (Å²) in [6, 6.07) is 14.0. The van der Waals surface area contributed by atoms with Crippen LogP contribution in [-0.4, -0.2) is 31.1 Å². The first-order valence-corrected chi connectivity index (χ1v) is 8.89. The number of carbonyl (C=O) groups is 3. The van der Waals surface area contributed by atoms with E-state index in [0.29, 0.717) is 16.8 Å². The summed E-state index contributed by atoms with van der Waals surface area (Å²) in [5, 5.41) is 2.71. The Kier molecular flexibility index (Phi) is 7.51. The molecule has 1 atom stereocenters. The lowest BCUT2D eigenvalue weighted by Gasteiger charge is -2.12. The van der Waals surface area contributed by atoms with Crippen LogP contribution in [0, 0.1) is 0 Å². The molecule has 1 N–H and O–H groups in total. The molecule has 0 aliphatic heterocycles. The topological polar surface area (TPSA) is 81.7 Å². The first-order valence-electron chi connectivity index (χ1n) is 8.89. The van der Waals surface area contributed by atoms with Crippen molar-refractivity contribution in [1.29, 1.82) is 0 Å². The van der Waals surface area contributed by atoms with Crippen molar-refractivity contribution >= 4 is 29.6 Å². The van der Waals surface area contributed by atoms with Crippen LogP contribution in [0.4, 0.5) is 5.69 Å². The van der Waals surface area contributed by atoms with E-state index in [1.807, 2.05) is 24.3 Å². The Balaban J connectivity index is 1.87. The molecule has 0 fully saturated rings. The summed E-state index contributed by atoms with van der Waals surface area (Å²) in [6.07, 6.45) is 2.74. The minimum atomic E-state index is -0.940. The Morgan fingerprint density at radius 1 is 1.04 bits per heavy atom. The van der Waals surface area contributed by atoms with Gasteiger partial charge in [-0.05, 0) is 54.8 Å². The quantitative estimate of drug-likeness (QED) is 0.585. The summed E-state index contributed by atoms with van der Waals surface area (Å²) in [6.45, 7) is 3.56. The number of hydrogen-bond donors (Lipinski definition) is 1. The minimum Gasteiger partial charge on any atom is -0.465 e. The zero-order chi connectivity index (χ0) is 20.5. The van der Waals surface area contributed by atoms with Crippen LogP contribution in [0.5, 0.6) is 0 Å². The average molecular weight is 381 g/mol. The third kappa shape index (κ3) is 6.09. The lowest BCUT2D eigenvalue weighted by molar-refractivity contribution is -0.148. The summed E-state index contributed by atoms with van der Waals surface area (Å²) in [5.41, 5.74) is 2.94. The van der Waals surface area contributed by atoms with E-state index in [9.17, 15) is 14.4 Å². The average Bonchev–Trinajstić information content (AvgIpc) is 2.72. The SMILES string of the molecule is CCc1ccc(NC(=O)[C@H](C)OC(=O)/C=C/c2ccc(C(=O)OC)cc2)cc1. The number of hydrogen-bond acceptors (Lipinski definition) is 5. The molecule has 0 aliphatic carbocycles. The number of amides is 1. The van der Waals surface area contributed by atoms with Gasteiger partial charge in [0.25, 0.3) is 5.91 Å². The Morgan fingerprint density at radius 3 is 2.25 bits per heavy atom. The summed E-state index contributed by atoms with van der Waals surface area (Å²) in [4.78, 5) is 35.5. The zero-order valence-corrected chi connectivity index (χ0v) is 16.1. The second-order valence-electron chi connectivity index (χ2n) is 6.07. The Morgan fingerprint density at radius 2 is 1.68 bits per heavy atom. The molecule has 0 spiro atoms. The number of nitrogens with one attached hydrogen (secondary N) is 1. The second-order valence-corrected chi connectivity index (χ2v) is 6.07. The molecule has 28 heavy (non-hydrogen) atoms. The summed E-state index contributed by atoms with van der Waals surface area (Å²) in [5.74, 6) is -1.48. The van der Waals surface area contributed by atoms with Gasteiger partial charge >= 0.3 is 11.9 Å². The molecular formula is C22H23NO5. The van der Waals surface area contributed by atoms with E-state index in [-0.39, 0.29) is 0 Å². The van der Waals surface area contributed by atoms with E-state index in [4.69, 9.17) is 4.74 Å². The number of aryl methyl sites for hydroxylation is 1. The highest BCUT2D eigenvalue weighted by Gasteiger charge is 2.16. The van der Waals surface area contributed by atoms with Gasteiger partial charge in [0.15, 0.2) is 6.10 Å². The molecule has 146 valence electrons. The molecule has 0 aromatic heterocycles. The van der Waals surface area contributed by atoms with Crippen molar-refractivity contribution in [3.8, 4) is 0 Å². The van der Waals surface area contributed by atoms with Crippen molar-refractivity contribution in [1.82, 2.24) is 0 Å². The van der Waals surface area contributed by atoms with Crippen molar-refractivity contribution in [3.63, 3.8) is 0 Å². The molecule has 0 unspecified atom stereocenters. The fraction of sp³-hybridized carbons (Fsp3) is 0.227. The van der Waals surface area contributed by atoms with E-state index in [1.165, 1.54) is 31.7 Å². The van der Waals surface area contributed by atoms with Crippen molar-refractivity contribution in [3.05, 3.63) is 71.3 Å². The Labute approximate surface area is 164 Å². The van der Waals surface area contributed by atoms with Gasteiger partial charge in [-0.1, -0.05) is 31.2 Å². The van der Waals surface area contributed by atoms with E-state index < -0.39 is 23.9 Å². The van der Waals surface area contributed by atoms with Crippen LogP contribution in [0.1, 0.15) is 35.3 Å². The first kappa shape index (κ1) is 20.9. The maximum Gasteiger partial charge on any atom is 0.337 e. The highest BCUT2D eigenvalue weighted by Crippen LogP contribution is 2.11. The highest BCUT2D eigenvalue weighted by atomic mass is 16.5. The molecule has 2 rings (SSSR count). The largest absolute Gasteiger partial charge is 0.465 e. The van der Waals surface area contributed by atoms with Crippen molar-refractivity contribution in [2.24, 2.45) is 0 Å². The predicted octanol–water partition coefficient (Wildman–Crippen LogP) is 3.62. The molecule has 0 saturated heterocycles. The van der Waals surface area contributed by atoms with Crippen LogP contribution >= 0.6 is 0 Å². The number of anilines is 1. The smallest absolute Gasteiger partial charge is 0.337 e. The monoisotopic (exact) mass is 381 g/mol. The zero-order valence-electron chi connectivity index (χ0n) is 16.1. The van der Waals surface area contributed by atoms with E-state index in [0.717, 1.165) is 6.42 Å². The fourth-order valence-corrected chi connectivity index (χ4v) is 2.35. The van der Waals surface area contributed by atoms with Gasteiger partial charge in [-0.3, -0.25) is 4.79 Å². The van der Waals surface area contributed by atoms with Gasteiger partial charge in [-0.25, -0.2) is 9.59 Å². The van der Waals surface area contributed by atoms with Crippen LogP contribution in [0.2, 0.25) is 0 Å². The van der Waals surface area contributed by atoms with Gasteiger partial charge in [0.05, 0.1) is 12.7 Å². The maximum absolute atomic E-state index is 12.2. The van der Waals surface area contributed by atoms with Gasteiger partial charge in [0, 0.05) is 11.8 Å². The molecule has 0 radical (unpaired) electrons. The summed E-state index contributed by atoms with van der Waals surface area (Å²) >= 11 is 0. The number of ether oxygens (including phenoxy) is 2. The summed E-state index contributed by atoms with van der Waals surface area (Å²) < 4.78 is 9.74. The lowest BCUT2D eigenvalue weighted by atomic mass is 10.1. The minimum absolute atomic E-state index is 0.409.